The highest BCUT2D eigenvalue weighted by molar-refractivity contribution is 6.04. The average molecular weight is 858 g/mol. The first-order valence-corrected chi connectivity index (χ1v) is 22.6. The van der Waals surface area contributed by atoms with Gasteiger partial charge in [-0.15, -0.1) is 0 Å². The minimum atomic E-state index is -0.552. The molecule has 0 fully saturated rings. The third-order valence-corrected chi connectivity index (χ3v) is 13.3. The van der Waals surface area contributed by atoms with Crippen LogP contribution in [0.25, 0.3) is 78.3 Å². The molecule has 5 nitrogen and oxygen atoms in total. The monoisotopic (exact) mass is 857 g/mol. The molecule has 1 aliphatic carbocycles. The molecule has 5 heteroatoms. The van der Waals surface area contributed by atoms with Gasteiger partial charge in [0.1, 0.15) is 0 Å². The number of rotatable bonds is 7. The van der Waals surface area contributed by atoms with Crippen LogP contribution in [-0.4, -0.2) is 15.0 Å². The Hall–Kier alpha value is -8.93. The van der Waals surface area contributed by atoms with Gasteiger partial charge in [-0.2, -0.15) is 0 Å². The average Bonchev–Trinajstić information content (AvgIpc) is 3.69. The molecular weight excluding hydrogens is 819 g/mol. The van der Waals surface area contributed by atoms with E-state index in [1.165, 1.54) is 22.3 Å². The predicted molar refractivity (Wildman–Crippen MR) is 268 cm³/mol. The highest BCUT2D eigenvalue weighted by Crippen LogP contribution is 2.60. The fourth-order valence-corrected chi connectivity index (χ4v) is 10.3. The molecule has 11 aromatic rings. The van der Waals surface area contributed by atoms with E-state index in [-0.39, 0.29) is 0 Å². The Balaban J connectivity index is 0.918. The zero-order chi connectivity index (χ0) is 44.3. The Labute approximate surface area is 388 Å². The number of ether oxygens (including phenoxy) is 2. The number of aromatic nitrogens is 3. The summed E-state index contributed by atoms with van der Waals surface area (Å²) in [7, 11) is 0. The van der Waals surface area contributed by atoms with Gasteiger partial charge in [-0.05, 0) is 91.2 Å². The number of para-hydroxylation sites is 1. The fraction of sp³-hybridized carbons (Fsp3) is 0.0161. The second-order valence-corrected chi connectivity index (χ2v) is 17.0. The highest BCUT2D eigenvalue weighted by atomic mass is 16.6. The predicted octanol–water partition coefficient (Wildman–Crippen LogP) is 15.6. The van der Waals surface area contributed by atoms with Crippen LogP contribution in [0.15, 0.2) is 237 Å². The van der Waals surface area contributed by atoms with Crippen LogP contribution in [0.1, 0.15) is 22.3 Å². The maximum absolute atomic E-state index is 7.00. The van der Waals surface area contributed by atoms with Crippen molar-refractivity contribution >= 4 is 10.8 Å². The maximum Gasteiger partial charge on any atom is 0.177 e. The number of nitrogens with zero attached hydrogens (tertiary/aromatic N) is 3. The van der Waals surface area contributed by atoms with Crippen LogP contribution in [0, 0.1) is 0 Å². The molecule has 67 heavy (non-hydrogen) atoms. The molecule has 0 unspecified atom stereocenters. The van der Waals surface area contributed by atoms with E-state index in [9.17, 15) is 0 Å². The lowest BCUT2D eigenvalue weighted by atomic mass is 9.67. The SMILES string of the molecule is c1ccc(-c2nc(-c3cccc(-c4cccc5c4Oc4cc6c(cc4O5)C(c4ccccc4)(c4ccccc4)c4ccccc4-6)c3)nc(-c3ccc(-c4ccccc4)c4ccccc34)n2)cc1. The molecule has 2 heterocycles. The van der Waals surface area contributed by atoms with Gasteiger partial charge in [0.2, 0.25) is 0 Å². The van der Waals surface area contributed by atoms with E-state index >= 15 is 0 Å². The molecule has 2 aliphatic rings. The van der Waals surface area contributed by atoms with E-state index in [0.717, 1.165) is 60.8 Å². The van der Waals surface area contributed by atoms with Crippen LogP contribution in [0.4, 0.5) is 0 Å². The summed E-state index contributed by atoms with van der Waals surface area (Å²) >= 11 is 0. The summed E-state index contributed by atoms with van der Waals surface area (Å²) < 4.78 is 13.9. The lowest BCUT2D eigenvalue weighted by Crippen LogP contribution is -2.28. The van der Waals surface area contributed by atoms with Crippen molar-refractivity contribution in [3.63, 3.8) is 0 Å². The van der Waals surface area contributed by atoms with Crippen molar-refractivity contribution in [1.82, 2.24) is 15.0 Å². The summed E-state index contributed by atoms with van der Waals surface area (Å²) in [6.07, 6.45) is 0. The number of benzene rings is 10. The Bertz CT molecular complexity index is 3650. The van der Waals surface area contributed by atoms with Gasteiger partial charge in [0.05, 0.1) is 5.41 Å². The Morgan fingerprint density at radius 1 is 0.284 bits per heavy atom. The van der Waals surface area contributed by atoms with Crippen LogP contribution in [0.5, 0.6) is 23.0 Å². The summed E-state index contributed by atoms with van der Waals surface area (Å²) in [6, 6.07) is 82.5. The zero-order valence-electron chi connectivity index (χ0n) is 36.2. The summed E-state index contributed by atoms with van der Waals surface area (Å²) in [6.45, 7) is 0. The van der Waals surface area contributed by atoms with E-state index in [1.807, 2.05) is 54.6 Å². The van der Waals surface area contributed by atoms with Crippen molar-refractivity contribution in [3.8, 4) is 90.5 Å². The van der Waals surface area contributed by atoms with Gasteiger partial charge in [-0.3, -0.25) is 0 Å². The minimum absolute atomic E-state index is 0.552. The number of fused-ring (bicyclic) bond motifs is 6. The standard InChI is InChI=1S/C62H39N3O2/c1-5-19-40(20-6-1)46-35-36-51(49-30-14-13-29-48(46)49)61-64-59(41-21-7-2-8-22-41)63-60(65-61)43-24-17-23-42(37-43)47-32-18-34-55-58(47)67-56-38-52-50-31-15-16-33-53(50)62(44-25-9-3-10-26-44,45-27-11-4-12-28-45)54(52)39-57(56)66-55/h1-39H. The fourth-order valence-electron chi connectivity index (χ4n) is 10.3. The van der Waals surface area contributed by atoms with Gasteiger partial charge in [0.25, 0.3) is 0 Å². The second kappa shape index (κ2) is 15.7. The largest absolute Gasteiger partial charge is 0.449 e. The van der Waals surface area contributed by atoms with Gasteiger partial charge >= 0.3 is 0 Å². The van der Waals surface area contributed by atoms with E-state index in [4.69, 9.17) is 24.4 Å². The molecule has 10 aromatic carbocycles. The van der Waals surface area contributed by atoms with Crippen LogP contribution in [0.3, 0.4) is 0 Å². The lowest BCUT2D eigenvalue weighted by molar-refractivity contribution is 0.360. The van der Waals surface area contributed by atoms with Gasteiger partial charge in [-0.1, -0.05) is 206 Å². The summed E-state index contributed by atoms with van der Waals surface area (Å²) in [5, 5.41) is 2.21. The molecule has 1 aliphatic heterocycles. The Kier molecular flexibility index (Phi) is 9.00. The van der Waals surface area contributed by atoms with E-state index in [0.29, 0.717) is 40.5 Å². The number of hydrogen-bond acceptors (Lipinski definition) is 5. The van der Waals surface area contributed by atoms with Crippen molar-refractivity contribution in [2.24, 2.45) is 0 Å². The Morgan fingerprint density at radius 3 is 1.54 bits per heavy atom. The molecular formula is C62H39N3O2. The van der Waals surface area contributed by atoms with E-state index < -0.39 is 5.41 Å². The van der Waals surface area contributed by atoms with Crippen molar-refractivity contribution in [3.05, 3.63) is 259 Å². The molecule has 0 amide bonds. The maximum atomic E-state index is 7.00. The first kappa shape index (κ1) is 38.5. The molecule has 314 valence electrons. The summed E-state index contributed by atoms with van der Waals surface area (Å²) in [5.74, 6) is 4.43. The molecule has 0 N–H and O–H groups in total. The molecule has 0 bridgehead atoms. The van der Waals surface area contributed by atoms with Gasteiger partial charge in [0.15, 0.2) is 40.5 Å². The minimum Gasteiger partial charge on any atom is -0.449 e. The van der Waals surface area contributed by atoms with Gasteiger partial charge in [-0.25, -0.2) is 15.0 Å². The van der Waals surface area contributed by atoms with E-state index in [2.05, 4.69) is 182 Å². The molecule has 0 radical (unpaired) electrons. The molecule has 0 atom stereocenters. The van der Waals surface area contributed by atoms with Crippen molar-refractivity contribution in [2.75, 3.05) is 0 Å². The summed E-state index contributed by atoms with van der Waals surface area (Å²) in [4.78, 5) is 15.5. The van der Waals surface area contributed by atoms with Crippen molar-refractivity contribution < 1.29 is 9.47 Å². The molecule has 0 saturated carbocycles. The molecule has 0 spiro atoms. The Morgan fingerprint density at radius 2 is 0.806 bits per heavy atom. The molecule has 13 rings (SSSR count). The smallest absolute Gasteiger partial charge is 0.177 e. The number of hydrogen-bond donors (Lipinski definition) is 0. The van der Waals surface area contributed by atoms with Crippen molar-refractivity contribution in [2.45, 2.75) is 5.41 Å². The van der Waals surface area contributed by atoms with Crippen LogP contribution >= 0.6 is 0 Å². The molecule has 0 saturated heterocycles. The third kappa shape index (κ3) is 6.28. The topological polar surface area (TPSA) is 57.1 Å². The molecule has 1 aromatic heterocycles. The lowest BCUT2D eigenvalue weighted by Gasteiger charge is -2.34. The normalized spacial score (nSPS) is 12.8. The van der Waals surface area contributed by atoms with Crippen LogP contribution in [0.2, 0.25) is 0 Å². The van der Waals surface area contributed by atoms with Gasteiger partial charge < -0.3 is 9.47 Å². The first-order valence-electron chi connectivity index (χ1n) is 22.6. The van der Waals surface area contributed by atoms with Crippen molar-refractivity contribution in [1.29, 1.82) is 0 Å². The van der Waals surface area contributed by atoms with Crippen LogP contribution < -0.4 is 9.47 Å². The van der Waals surface area contributed by atoms with Crippen LogP contribution in [-0.2, 0) is 5.41 Å². The first-order chi connectivity index (χ1) is 33.2. The third-order valence-electron chi connectivity index (χ3n) is 13.3. The second-order valence-electron chi connectivity index (χ2n) is 17.0. The summed E-state index contributed by atoms with van der Waals surface area (Å²) in [5.41, 5.74) is 13.4. The van der Waals surface area contributed by atoms with E-state index in [1.54, 1.807) is 0 Å². The zero-order valence-corrected chi connectivity index (χ0v) is 36.2. The van der Waals surface area contributed by atoms with Gasteiger partial charge in [0, 0.05) is 22.3 Å². The quantitative estimate of drug-likeness (QED) is 0.160. The highest BCUT2D eigenvalue weighted by Gasteiger charge is 2.47.